The standard InChI is InChI=1S/C23H36N6O6/c1-14(27-21(32)16(25)10-11-19(26)30)20(31)28-17(9-5-6-12-24)22(33)29-18(23(34)35)13-15-7-3-2-4-8-15/h2-4,7-8,14,16-18H,5-6,9-13,24-25H2,1H3,(H2,26,30)(H,27,32)(H,28,31)(H,29,33)(H,34,35). The Morgan fingerprint density at radius 3 is 2.09 bits per heavy atom. The largest absolute Gasteiger partial charge is 0.480 e. The minimum Gasteiger partial charge on any atom is -0.480 e. The third-order valence-electron chi connectivity index (χ3n) is 5.27. The molecule has 4 atom stereocenters. The third kappa shape index (κ3) is 11.5. The van der Waals surface area contributed by atoms with E-state index in [1.807, 2.05) is 0 Å². The van der Waals surface area contributed by atoms with Gasteiger partial charge in [0.2, 0.25) is 23.6 Å². The molecule has 194 valence electrons. The van der Waals surface area contributed by atoms with Gasteiger partial charge >= 0.3 is 5.97 Å². The Bertz CT molecular complexity index is 865. The lowest BCUT2D eigenvalue weighted by molar-refractivity contribution is -0.142. The summed E-state index contributed by atoms with van der Waals surface area (Å²) in [4.78, 5) is 60.3. The zero-order chi connectivity index (χ0) is 26.4. The molecule has 35 heavy (non-hydrogen) atoms. The Morgan fingerprint density at radius 1 is 0.886 bits per heavy atom. The molecule has 0 aromatic heterocycles. The molecule has 1 aromatic rings. The van der Waals surface area contributed by atoms with Crippen LogP contribution in [-0.4, -0.2) is 65.4 Å². The molecule has 0 aliphatic carbocycles. The SMILES string of the molecule is CC(NC(=O)C(N)CCC(N)=O)C(=O)NC(CCCCN)C(=O)NC(Cc1ccccc1)C(=O)O. The van der Waals surface area contributed by atoms with Crippen LogP contribution in [0.3, 0.4) is 0 Å². The molecule has 0 bridgehead atoms. The van der Waals surface area contributed by atoms with Crippen molar-refractivity contribution in [1.29, 1.82) is 0 Å². The number of carboxylic acids is 1. The number of primary amides is 1. The van der Waals surface area contributed by atoms with Crippen LogP contribution in [0.25, 0.3) is 0 Å². The summed E-state index contributed by atoms with van der Waals surface area (Å²) < 4.78 is 0. The highest BCUT2D eigenvalue weighted by molar-refractivity contribution is 5.94. The van der Waals surface area contributed by atoms with Gasteiger partial charge in [-0.1, -0.05) is 30.3 Å². The van der Waals surface area contributed by atoms with Gasteiger partial charge in [0.1, 0.15) is 18.1 Å². The van der Waals surface area contributed by atoms with Crippen LogP contribution >= 0.6 is 0 Å². The van der Waals surface area contributed by atoms with Crippen LogP contribution in [0, 0.1) is 0 Å². The average molecular weight is 493 g/mol. The van der Waals surface area contributed by atoms with Crippen molar-refractivity contribution in [2.24, 2.45) is 17.2 Å². The van der Waals surface area contributed by atoms with Crippen molar-refractivity contribution in [1.82, 2.24) is 16.0 Å². The summed E-state index contributed by atoms with van der Waals surface area (Å²) in [5, 5.41) is 17.1. The number of carbonyl (C=O) groups excluding carboxylic acids is 4. The van der Waals surface area contributed by atoms with Crippen LogP contribution in [0.1, 0.15) is 44.6 Å². The summed E-state index contributed by atoms with van der Waals surface area (Å²) in [6, 6.07) is 4.53. The molecule has 10 N–H and O–H groups in total. The zero-order valence-electron chi connectivity index (χ0n) is 19.9. The molecule has 12 heteroatoms. The number of hydrogen-bond acceptors (Lipinski definition) is 7. The Hall–Kier alpha value is -3.51. The average Bonchev–Trinajstić information content (AvgIpc) is 2.81. The molecule has 1 aromatic carbocycles. The second-order valence-corrected chi connectivity index (χ2v) is 8.28. The molecule has 0 aliphatic rings. The molecule has 0 aliphatic heterocycles. The van der Waals surface area contributed by atoms with E-state index in [0.717, 1.165) is 5.56 Å². The Balaban J connectivity index is 2.80. The molecule has 0 radical (unpaired) electrons. The van der Waals surface area contributed by atoms with Gasteiger partial charge in [-0.25, -0.2) is 4.79 Å². The van der Waals surface area contributed by atoms with E-state index in [9.17, 15) is 29.1 Å². The summed E-state index contributed by atoms with van der Waals surface area (Å²) in [6.07, 6.45) is 1.37. The van der Waals surface area contributed by atoms with Crippen molar-refractivity contribution in [3.63, 3.8) is 0 Å². The summed E-state index contributed by atoms with van der Waals surface area (Å²) in [7, 11) is 0. The lowest BCUT2D eigenvalue weighted by Gasteiger charge is -2.24. The lowest BCUT2D eigenvalue weighted by atomic mass is 10.0. The van der Waals surface area contributed by atoms with Crippen molar-refractivity contribution in [3.8, 4) is 0 Å². The van der Waals surface area contributed by atoms with Crippen molar-refractivity contribution >= 4 is 29.6 Å². The van der Waals surface area contributed by atoms with Crippen molar-refractivity contribution in [3.05, 3.63) is 35.9 Å². The van der Waals surface area contributed by atoms with Crippen LogP contribution in [0.5, 0.6) is 0 Å². The summed E-state index contributed by atoms with van der Waals surface area (Å²) in [5.74, 6) is -3.76. The normalized spacial score (nSPS) is 14.1. The van der Waals surface area contributed by atoms with E-state index >= 15 is 0 Å². The molecule has 0 spiro atoms. The Labute approximate surface area is 204 Å². The van der Waals surface area contributed by atoms with Gasteiger partial charge < -0.3 is 38.3 Å². The number of carbonyl (C=O) groups is 5. The summed E-state index contributed by atoms with van der Waals surface area (Å²) >= 11 is 0. The second-order valence-electron chi connectivity index (χ2n) is 8.28. The molecule has 4 amide bonds. The van der Waals surface area contributed by atoms with Gasteiger partial charge in [0.15, 0.2) is 0 Å². The first-order chi connectivity index (χ1) is 16.5. The minimum absolute atomic E-state index is 0.0254. The predicted octanol–water partition coefficient (Wildman–Crippen LogP) is -1.49. The first-order valence-electron chi connectivity index (χ1n) is 11.5. The fourth-order valence-corrected chi connectivity index (χ4v) is 3.20. The van der Waals surface area contributed by atoms with Gasteiger partial charge in [-0.05, 0) is 44.7 Å². The minimum atomic E-state index is -1.21. The van der Waals surface area contributed by atoms with E-state index in [0.29, 0.717) is 19.4 Å². The van der Waals surface area contributed by atoms with Crippen LogP contribution < -0.4 is 33.2 Å². The van der Waals surface area contributed by atoms with Gasteiger partial charge in [-0.2, -0.15) is 0 Å². The van der Waals surface area contributed by atoms with Gasteiger partial charge in [0.25, 0.3) is 0 Å². The quantitative estimate of drug-likeness (QED) is 0.134. The van der Waals surface area contributed by atoms with Gasteiger partial charge in [-0.15, -0.1) is 0 Å². The van der Waals surface area contributed by atoms with E-state index in [1.54, 1.807) is 30.3 Å². The molecule has 0 saturated carbocycles. The van der Waals surface area contributed by atoms with Crippen LogP contribution in [0.2, 0.25) is 0 Å². The van der Waals surface area contributed by atoms with Gasteiger partial charge in [-0.3, -0.25) is 19.2 Å². The van der Waals surface area contributed by atoms with E-state index in [2.05, 4.69) is 16.0 Å². The van der Waals surface area contributed by atoms with E-state index < -0.39 is 53.8 Å². The Kier molecular flexibility index (Phi) is 13.0. The number of amides is 4. The summed E-state index contributed by atoms with van der Waals surface area (Å²) in [6.45, 7) is 1.81. The molecule has 12 nitrogen and oxygen atoms in total. The number of hydrogen-bond donors (Lipinski definition) is 7. The zero-order valence-corrected chi connectivity index (χ0v) is 19.9. The highest BCUT2D eigenvalue weighted by Gasteiger charge is 2.28. The number of aliphatic carboxylic acids is 1. The van der Waals surface area contributed by atoms with Gasteiger partial charge in [0.05, 0.1) is 6.04 Å². The third-order valence-corrected chi connectivity index (χ3v) is 5.27. The highest BCUT2D eigenvalue weighted by Crippen LogP contribution is 2.07. The highest BCUT2D eigenvalue weighted by atomic mass is 16.4. The number of rotatable bonds is 16. The predicted molar refractivity (Wildman–Crippen MR) is 129 cm³/mol. The smallest absolute Gasteiger partial charge is 0.326 e. The molecular weight excluding hydrogens is 456 g/mol. The molecule has 4 unspecified atom stereocenters. The van der Waals surface area contributed by atoms with Crippen LogP contribution in [-0.2, 0) is 30.4 Å². The Morgan fingerprint density at radius 2 is 1.51 bits per heavy atom. The van der Waals surface area contributed by atoms with Crippen molar-refractivity contribution in [2.45, 2.75) is 69.6 Å². The number of carboxylic acid groups (broad SMARTS) is 1. The maximum atomic E-state index is 12.9. The van der Waals surface area contributed by atoms with Crippen LogP contribution in [0.15, 0.2) is 30.3 Å². The first kappa shape index (κ1) is 29.5. The summed E-state index contributed by atoms with van der Waals surface area (Å²) in [5.41, 5.74) is 17.0. The molecule has 0 fully saturated rings. The maximum absolute atomic E-state index is 12.9. The van der Waals surface area contributed by atoms with Crippen LogP contribution in [0.4, 0.5) is 0 Å². The van der Waals surface area contributed by atoms with E-state index in [1.165, 1.54) is 6.92 Å². The first-order valence-corrected chi connectivity index (χ1v) is 11.5. The van der Waals surface area contributed by atoms with E-state index in [-0.39, 0.29) is 25.7 Å². The van der Waals surface area contributed by atoms with E-state index in [4.69, 9.17) is 17.2 Å². The lowest BCUT2D eigenvalue weighted by Crippen LogP contribution is -2.56. The fourth-order valence-electron chi connectivity index (χ4n) is 3.20. The molecule has 0 heterocycles. The topological polar surface area (TPSA) is 220 Å². The van der Waals surface area contributed by atoms with Crippen molar-refractivity contribution < 1.29 is 29.1 Å². The second kappa shape index (κ2) is 15.4. The number of nitrogens with two attached hydrogens (primary N) is 3. The van der Waals surface area contributed by atoms with Crippen molar-refractivity contribution in [2.75, 3.05) is 6.54 Å². The monoisotopic (exact) mass is 492 g/mol. The maximum Gasteiger partial charge on any atom is 0.326 e. The molecule has 0 saturated heterocycles. The van der Waals surface area contributed by atoms with Gasteiger partial charge in [0, 0.05) is 12.8 Å². The number of nitrogens with one attached hydrogen (secondary N) is 3. The number of benzene rings is 1. The number of unbranched alkanes of at least 4 members (excludes halogenated alkanes) is 1. The molecule has 1 rings (SSSR count). The molecular formula is C23H36N6O6. The fraction of sp³-hybridized carbons (Fsp3) is 0.522.